The zero-order valence-electron chi connectivity index (χ0n) is 34.0. The molecule has 2 aliphatic carbocycles. The monoisotopic (exact) mass is 769 g/mol. The second-order valence-electron chi connectivity index (χ2n) is 17.0. The van der Waals surface area contributed by atoms with E-state index in [0.717, 1.165) is 62.5 Å². The summed E-state index contributed by atoms with van der Waals surface area (Å²) in [4.78, 5) is 15.7. The Hall–Kier alpha value is -7.23. The van der Waals surface area contributed by atoms with Gasteiger partial charge in [0.05, 0.1) is 22.6 Å². The molecule has 2 aromatic heterocycles. The Morgan fingerprint density at radius 3 is 1.77 bits per heavy atom. The molecule has 1 unspecified atom stereocenters. The predicted molar refractivity (Wildman–Crippen MR) is 250 cm³/mol. The van der Waals surface area contributed by atoms with Gasteiger partial charge in [0.1, 0.15) is 0 Å². The molecule has 3 heteroatoms. The van der Waals surface area contributed by atoms with E-state index >= 15 is 0 Å². The first-order valence-electron chi connectivity index (χ1n) is 20.9. The number of allylic oxidation sites excluding steroid dienone is 4. The molecule has 2 heterocycles. The third-order valence-corrected chi connectivity index (χ3v) is 12.9. The molecule has 0 amide bonds. The summed E-state index contributed by atoms with van der Waals surface area (Å²) >= 11 is 0. The predicted octanol–water partition coefficient (Wildman–Crippen LogP) is 14.6. The van der Waals surface area contributed by atoms with Gasteiger partial charge in [-0.15, -0.1) is 0 Å². The van der Waals surface area contributed by atoms with Gasteiger partial charge in [0.25, 0.3) is 0 Å². The van der Waals surface area contributed by atoms with E-state index in [-0.39, 0.29) is 10.8 Å². The molecule has 3 nitrogen and oxygen atoms in total. The van der Waals surface area contributed by atoms with Gasteiger partial charge in [0, 0.05) is 32.9 Å². The third kappa shape index (κ3) is 5.92. The number of hydrogen-bond acceptors (Lipinski definition) is 3. The van der Waals surface area contributed by atoms with E-state index in [1.165, 1.54) is 49.7 Å². The van der Waals surface area contributed by atoms with Crippen molar-refractivity contribution in [2.45, 2.75) is 38.0 Å². The van der Waals surface area contributed by atoms with Crippen molar-refractivity contribution in [3.05, 3.63) is 211 Å². The van der Waals surface area contributed by atoms with Crippen molar-refractivity contribution in [1.82, 2.24) is 15.0 Å². The van der Waals surface area contributed by atoms with E-state index in [2.05, 4.69) is 209 Å². The van der Waals surface area contributed by atoms with Crippen molar-refractivity contribution in [3.63, 3.8) is 0 Å². The molecule has 0 bridgehead atoms. The summed E-state index contributed by atoms with van der Waals surface area (Å²) in [5.74, 6) is 0.735. The maximum Gasteiger partial charge on any atom is 0.160 e. The van der Waals surface area contributed by atoms with Gasteiger partial charge in [-0.25, -0.2) is 15.0 Å². The molecule has 0 radical (unpaired) electrons. The maximum atomic E-state index is 5.36. The Kier molecular flexibility index (Phi) is 8.35. The van der Waals surface area contributed by atoms with Crippen LogP contribution in [-0.4, -0.2) is 15.0 Å². The molecule has 9 aromatic rings. The molecule has 2 aliphatic rings. The van der Waals surface area contributed by atoms with Crippen LogP contribution in [0.15, 0.2) is 194 Å². The number of fused-ring (bicyclic) bond motifs is 5. The van der Waals surface area contributed by atoms with Crippen LogP contribution in [0.5, 0.6) is 0 Å². The van der Waals surface area contributed by atoms with Crippen LogP contribution in [-0.2, 0) is 10.8 Å². The Labute approximate surface area is 351 Å². The van der Waals surface area contributed by atoms with E-state index in [0.29, 0.717) is 0 Å². The molecule has 0 fully saturated rings. The first kappa shape index (κ1) is 35.9. The Morgan fingerprint density at radius 1 is 0.417 bits per heavy atom. The van der Waals surface area contributed by atoms with Crippen LogP contribution in [0.2, 0.25) is 0 Å². The number of aromatic nitrogens is 3. The molecular formula is C57H43N3. The second-order valence-corrected chi connectivity index (χ2v) is 17.0. The fourth-order valence-corrected chi connectivity index (χ4v) is 9.53. The maximum absolute atomic E-state index is 5.36. The van der Waals surface area contributed by atoms with Gasteiger partial charge in [-0.05, 0) is 86.0 Å². The molecule has 286 valence electrons. The highest BCUT2D eigenvalue weighted by Crippen LogP contribution is 2.51. The lowest BCUT2D eigenvalue weighted by atomic mass is 9.80. The van der Waals surface area contributed by atoms with E-state index in [1.54, 1.807) is 0 Å². The van der Waals surface area contributed by atoms with Crippen LogP contribution in [0.3, 0.4) is 0 Å². The van der Waals surface area contributed by atoms with Crippen LogP contribution in [0.1, 0.15) is 44.0 Å². The topological polar surface area (TPSA) is 38.7 Å². The summed E-state index contributed by atoms with van der Waals surface area (Å²) < 4.78 is 0. The SMILES string of the molecule is CC1(c2cc(-c3ccccc3)nc(-c3ccc(-c4ccc(-c5cc(-c6ccccc6)nc6cc7c(cc56)-c5ccccc5C7(C)C)c5ccccc45)cc3)n2)C=CC=CC1. The van der Waals surface area contributed by atoms with Crippen LogP contribution in [0, 0.1) is 0 Å². The number of benzene rings is 7. The quantitative estimate of drug-likeness (QED) is 0.169. The number of pyridine rings is 1. The fraction of sp³-hybridized carbons (Fsp3) is 0.105. The van der Waals surface area contributed by atoms with Crippen molar-refractivity contribution in [3.8, 4) is 67.3 Å². The van der Waals surface area contributed by atoms with Gasteiger partial charge < -0.3 is 0 Å². The molecule has 0 spiro atoms. The first-order chi connectivity index (χ1) is 29.3. The Morgan fingerprint density at radius 2 is 1.05 bits per heavy atom. The van der Waals surface area contributed by atoms with Crippen LogP contribution >= 0.6 is 0 Å². The fourth-order valence-electron chi connectivity index (χ4n) is 9.53. The zero-order valence-corrected chi connectivity index (χ0v) is 34.0. The largest absolute Gasteiger partial charge is 0.248 e. The average Bonchev–Trinajstić information content (AvgIpc) is 3.53. The molecule has 0 aliphatic heterocycles. The molecule has 7 aromatic carbocycles. The van der Waals surface area contributed by atoms with E-state index in [4.69, 9.17) is 15.0 Å². The lowest BCUT2D eigenvalue weighted by Crippen LogP contribution is -2.22. The zero-order chi connectivity index (χ0) is 40.4. The van der Waals surface area contributed by atoms with Crippen molar-refractivity contribution < 1.29 is 0 Å². The molecule has 60 heavy (non-hydrogen) atoms. The smallest absolute Gasteiger partial charge is 0.160 e. The van der Waals surface area contributed by atoms with Gasteiger partial charge in [-0.3, -0.25) is 0 Å². The van der Waals surface area contributed by atoms with Crippen molar-refractivity contribution in [2.24, 2.45) is 0 Å². The number of nitrogens with zero attached hydrogens (tertiary/aromatic N) is 3. The Bertz CT molecular complexity index is 3190. The summed E-state index contributed by atoms with van der Waals surface area (Å²) in [7, 11) is 0. The minimum Gasteiger partial charge on any atom is -0.248 e. The van der Waals surface area contributed by atoms with Crippen molar-refractivity contribution in [1.29, 1.82) is 0 Å². The number of rotatable bonds is 6. The molecule has 1 atom stereocenters. The normalized spacial score (nSPS) is 16.2. The lowest BCUT2D eigenvalue weighted by Gasteiger charge is -2.26. The highest BCUT2D eigenvalue weighted by atomic mass is 14.9. The first-order valence-corrected chi connectivity index (χ1v) is 20.9. The molecule has 0 saturated heterocycles. The van der Waals surface area contributed by atoms with Crippen LogP contribution < -0.4 is 0 Å². The highest BCUT2D eigenvalue weighted by molar-refractivity contribution is 6.11. The van der Waals surface area contributed by atoms with Gasteiger partial charge in [0.15, 0.2) is 5.82 Å². The van der Waals surface area contributed by atoms with Crippen LogP contribution in [0.4, 0.5) is 0 Å². The molecule has 0 saturated carbocycles. The van der Waals surface area contributed by atoms with E-state index in [9.17, 15) is 0 Å². The molecular weight excluding hydrogens is 727 g/mol. The minimum atomic E-state index is -0.209. The standard InChI is InChI=1S/C57H43N3/c1-56(2)49-24-14-13-23-45(49)47-33-48-46(34-51(38-17-7-4-8-18-38)58-53(48)35-50(47)56)44-30-29-41(42-21-11-12-22-43(42)44)37-25-27-40(28-26-37)55-59-52(39-19-9-5-10-20-39)36-54(60-55)57(3)31-15-6-16-32-57/h4-31,33-36H,32H2,1-3H3. The van der Waals surface area contributed by atoms with E-state index in [1.807, 2.05) is 6.07 Å². The molecule has 11 rings (SSSR count). The van der Waals surface area contributed by atoms with Crippen molar-refractivity contribution >= 4 is 21.7 Å². The third-order valence-electron chi connectivity index (χ3n) is 12.9. The van der Waals surface area contributed by atoms with Crippen LogP contribution in [0.25, 0.3) is 89.0 Å². The van der Waals surface area contributed by atoms with E-state index < -0.39 is 0 Å². The van der Waals surface area contributed by atoms with Gasteiger partial charge in [-0.2, -0.15) is 0 Å². The average molecular weight is 770 g/mol. The summed E-state index contributed by atoms with van der Waals surface area (Å²) in [6.07, 6.45) is 9.62. The summed E-state index contributed by atoms with van der Waals surface area (Å²) in [6, 6.07) is 61.3. The lowest BCUT2D eigenvalue weighted by molar-refractivity contribution is 0.578. The highest BCUT2D eigenvalue weighted by Gasteiger charge is 2.36. The molecule has 0 N–H and O–H groups in total. The summed E-state index contributed by atoms with van der Waals surface area (Å²) in [6.45, 7) is 6.93. The Balaban J connectivity index is 1.04. The second kappa shape index (κ2) is 14.0. The summed E-state index contributed by atoms with van der Waals surface area (Å²) in [5.41, 5.74) is 16.8. The van der Waals surface area contributed by atoms with Gasteiger partial charge >= 0.3 is 0 Å². The minimum absolute atomic E-state index is 0.115. The van der Waals surface area contributed by atoms with Gasteiger partial charge in [-0.1, -0.05) is 191 Å². The summed E-state index contributed by atoms with van der Waals surface area (Å²) in [5, 5.41) is 3.57. The van der Waals surface area contributed by atoms with Gasteiger partial charge in [0.2, 0.25) is 0 Å². The number of hydrogen-bond donors (Lipinski definition) is 0. The van der Waals surface area contributed by atoms with Crippen molar-refractivity contribution in [2.75, 3.05) is 0 Å².